The lowest BCUT2D eigenvalue weighted by Gasteiger charge is -2.27. The van der Waals surface area contributed by atoms with Crippen molar-refractivity contribution in [1.29, 1.82) is 0 Å². The maximum absolute atomic E-state index is 13.8. The van der Waals surface area contributed by atoms with Crippen molar-refractivity contribution in [3.05, 3.63) is 74.6 Å². The average molecular weight is 496 g/mol. The Kier molecular flexibility index (Phi) is 7.60. The molecule has 0 saturated carbocycles. The van der Waals surface area contributed by atoms with E-state index in [1.165, 1.54) is 22.7 Å². The summed E-state index contributed by atoms with van der Waals surface area (Å²) in [5.41, 5.74) is 1.69. The Morgan fingerprint density at radius 3 is 2.53 bits per heavy atom. The first-order chi connectivity index (χ1) is 16.5. The van der Waals surface area contributed by atoms with Crippen LogP contribution < -0.4 is 0 Å². The number of amides is 1. The first-order valence-corrected chi connectivity index (χ1v) is 13.2. The highest BCUT2D eigenvalue weighted by atomic mass is 32.1. The smallest absolute Gasteiger partial charge is 0.290 e. The largest absolute Gasteiger partial charge is 0.503 e. The molecule has 178 valence electrons. The van der Waals surface area contributed by atoms with Crippen LogP contribution in [0, 0.1) is 6.92 Å². The van der Waals surface area contributed by atoms with Crippen molar-refractivity contribution in [2.45, 2.75) is 33.2 Å². The van der Waals surface area contributed by atoms with Crippen molar-refractivity contribution < 1.29 is 14.7 Å². The number of thiazole rings is 1. The van der Waals surface area contributed by atoms with E-state index in [9.17, 15) is 14.7 Å². The summed E-state index contributed by atoms with van der Waals surface area (Å²) in [7, 11) is 0. The number of aryl methyl sites for hydroxylation is 1. The molecule has 3 aromatic rings. The second-order valence-electron chi connectivity index (χ2n) is 8.19. The molecule has 1 N–H and O–H groups in total. The van der Waals surface area contributed by atoms with Gasteiger partial charge in [-0.1, -0.05) is 50.2 Å². The van der Waals surface area contributed by atoms with Crippen LogP contribution in [0.1, 0.15) is 46.6 Å². The number of thiophene rings is 1. The molecule has 0 bridgehead atoms. The molecule has 3 heterocycles. The maximum atomic E-state index is 13.8. The van der Waals surface area contributed by atoms with E-state index >= 15 is 0 Å². The lowest BCUT2D eigenvalue weighted by molar-refractivity contribution is -0.129. The molecule has 1 aromatic carbocycles. The number of ketones is 1. The predicted octanol–water partition coefficient (Wildman–Crippen LogP) is 5.49. The molecule has 1 aliphatic rings. The monoisotopic (exact) mass is 495 g/mol. The van der Waals surface area contributed by atoms with E-state index < -0.39 is 17.7 Å². The van der Waals surface area contributed by atoms with E-state index in [1.807, 2.05) is 47.8 Å². The Hall–Kier alpha value is -2.81. The number of aliphatic hydroxyl groups is 1. The van der Waals surface area contributed by atoms with Gasteiger partial charge in [0.15, 0.2) is 5.76 Å². The first-order valence-electron chi connectivity index (χ1n) is 11.5. The molecule has 0 spiro atoms. The fourth-order valence-electron chi connectivity index (χ4n) is 4.30. The first kappa shape index (κ1) is 24.3. The Balaban J connectivity index is 1.65. The fraction of sp³-hybridized carbons (Fsp3) is 0.346. The van der Waals surface area contributed by atoms with Gasteiger partial charge in [-0.2, -0.15) is 0 Å². The molecule has 34 heavy (non-hydrogen) atoms. The molecule has 0 aliphatic carbocycles. The molecule has 2 aromatic heterocycles. The van der Waals surface area contributed by atoms with Gasteiger partial charge in [0, 0.05) is 17.0 Å². The number of rotatable bonds is 10. The van der Waals surface area contributed by atoms with Crippen molar-refractivity contribution in [2.75, 3.05) is 26.2 Å². The zero-order chi connectivity index (χ0) is 24.2. The lowest BCUT2D eigenvalue weighted by Crippen LogP contribution is -2.34. The van der Waals surface area contributed by atoms with Gasteiger partial charge >= 0.3 is 0 Å². The third-order valence-electron chi connectivity index (χ3n) is 6.15. The van der Waals surface area contributed by atoms with Crippen LogP contribution in [0.2, 0.25) is 0 Å². The average Bonchev–Trinajstić information content (AvgIpc) is 3.57. The lowest BCUT2D eigenvalue weighted by atomic mass is 10.00. The molecule has 6 nitrogen and oxygen atoms in total. The standard InChI is InChI=1S/C26H29N3O3S2/c1-4-28(5-2)14-10-15-29-21(19-13-9-16-33-19)20(23(31)26(29)32)22(30)24-17(3)27-25(34-24)18-11-7-6-8-12-18/h6-9,11-13,16,21,31H,4-5,10,14-15H2,1-3H3/t21-/m1/s1. The number of aromatic nitrogens is 1. The van der Waals surface area contributed by atoms with E-state index in [2.05, 4.69) is 23.7 Å². The Bertz CT molecular complexity index is 1180. The number of hydrogen-bond donors (Lipinski definition) is 1. The summed E-state index contributed by atoms with van der Waals surface area (Å²) in [4.78, 5) is 36.8. The minimum atomic E-state index is -0.585. The van der Waals surface area contributed by atoms with Crippen molar-refractivity contribution >= 4 is 34.4 Å². The third-order valence-corrected chi connectivity index (χ3v) is 8.28. The molecule has 0 unspecified atom stereocenters. The van der Waals surface area contributed by atoms with Gasteiger partial charge in [0.1, 0.15) is 5.01 Å². The zero-order valence-electron chi connectivity index (χ0n) is 19.7. The van der Waals surface area contributed by atoms with Crippen LogP contribution in [-0.2, 0) is 4.79 Å². The molecule has 1 aliphatic heterocycles. The van der Waals surface area contributed by atoms with E-state index in [0.717, 1.165) is 41.5 Å². The summed E-state index contributed by atoms with van der Waals surface area (Å²) in [6, 6.07) is 12.9. The Morgan fingerprint density at radius 1 is 1.15 bits per heavy atom. The molecule has 1 amide bonds. The van der Waals surface area contributed by atoms with Crippen LogP contribution >= 0.6 is 22.7 Å². The highest BCUT2D eigenvalue weighted by molar-refractivity contribution is 7.17. The summed E-state index contributed by atoms with van der Waals surface area (Å²) < 4.78 is 0. The van der Waals surface area contributed by atoms with Gasteiger partial charge in [0.2, 0.25) is 5.78 Å². The van der Waals surface area contributed by atoms with Crippen LogP contribution in [0.4, 0.5) is 0 Å². The van der Waals surface area contributed by atoms with Crippen molar-refractivity contribution in [1.82, 2.24) is 14.8 Å². The third kappa shape index (κ3) is 4.71. The second kappa shape index (κ2) is 10.6. The number of carbonyl (C=O) groups is 2. The van der Waals surface area contributed by atoms with E-state index in [1.54, 1.807) is 11.8 Å². The number of benzene rings is 1. The van der Waals surface area contributed by atoms with Gasteiger partial charge in [-0.15, -0.1) is 22.7 Å². The van der Waals surface area contributed by atoms with Gasteiger partial charge in [0.05, 0.1) is 22.2 Å². The highest BCUT2D eigenvalue weighted by Crippen LogP contribution is 2.42. The van der Waals surface area contributed by atoms with Crippen molar-refractivity contribution in [3.8, 4) is 10.6 Å². The number of aliphatic hydroxyl groups excluding tert-OH is 1. The van der Waals surface area contributed by atoms with Gasteiger partial charge in [-0.25, -0.2) is 4.98 Å². The topological polar surface area (TPSA) is 73.7 Å². The van der Waals surface area contributed by atoms with E-state index in [0.29, 0.717) is 17.1 Å². The van der Waals surface area contributed by atoms with E-state index in [4.69, 9.17) is 0 Å². The minimum Gasteiger partial charge on any atom is -0.503 e. The number of nitrogens with zero attached hydrogens (tertiary/aromatic N) is 3. The Morgan fingerprint density at radius 2 is 1.88 bits per heavy atom. The van der Waals surface area contributed by atoms with Crippen LogP contribution in [0.15, 0.2) is 59.2 Å². The molecular formula is C26H29N3O3S2. The normalized spacial score (nSPS) is 16.2. The summed E-state index contributed by atoms with van der Waals surface area (Å²) >= 11 is 2.79. The summed E-state index contributed by atoms with van der Waals surface area (Å²) in [5.74, 6) is -1.25. The van der Waals surface area contributed by atoms with Gasteiger partial charge in [-0.3, -0.25) is 9.59 Å². The van der Waals surface area contributed by atoms with Gasteiger partial charge < -0.3 is 14.9 Å². The van der Waals surface area contributed by atoms with Crippen molar-refractivity contribution in [3.63, 3.8) is 0 Å². The van der Waals surface area contributed by atoms with Crippen LogP contribution in [0.5, 0.6) is 0 Å². The SMILES string of the molecule is CCN(CC)CCCN1C(=O)C(O)=C(C(=O)c2sc(-c3ccccc3)nc2C)[C@H]1c1cccs1. The van der Waals surface area contributed by atoms with Crippen molar-refractivity contribution in [2.24, 2.45) is 0 Å². The molecule has 8 heteroatoms. The predicted molar refractivity (Wildman–Crippen MR) is 137 cm³/mol. The highest BCUT2D eigenvalue weighted by Gasteiger charge is 2.44. The maximum Gasteiger partial charge on any atom is 0.290 e. The zero-order valence-corrected chi connectivity index (χ0v) is 21.3. The summed E-state index contributed by atoms with van der Waals surface area (Å²) in [6.07, 6.45) is 0.766. The summed E-state index contributed by atoms with van der Waals surface area (Å²) in [6.45, 7) is 9.24. The van der Waals surface area contributed by atoms with Crippen LogP contribution in [-0.4, -0.2) is 57.8 Å². The molecular weight excluding hydrogens is 466 g/mol. The molecule has 1 atom stereocenters. The summed E-state index contributed by atoms with van der Waals surface area (Å²) in [5, 5.41) is 13.6. The Labute approximate surface area is 208 Å². The molecule has 0 saturated heterocycles. The number of carbonyl (C=O) groups excluding carboxylic acids is 2. The molecule has 0 radical (unpaired) electrons. The van der Waals surface area contributed by atoms with Gasteiger partial charge in [0.25, 0.3) is 5.91 Å². The van der Waals surface area contributed by atoms with Gasteiger partial charge in [-0.05, 0) is 44.4 Å². The molecule has 4 rings (SSSR count). The fourth-order valence-corrected chi connectivity index (χ4v) is 6.17. The quantitative estimate of drug-likeness (QED) is 0.377. The van der Waals surface area contributed by atoms with Crippen LogP contribution in [0.25, 0.3) is 10.6 Å². The number of hydrogen-bond acceptors (Lipinski definition) is 7. The minimum absolute atomic E-state index is 0.154. The van der Waals surface area contributed by atoms with Crippen LogP contribution in [0.3, 0.4) is 0 Å². The number of Topliss-reactive ketones (excluding diaryl/α,β-unsaturated/α-hetero) is 1. The van der Waals surface area contributed by atoms with E-state index in [-0.39, 0.29) is 11.4 Å². The molecule has 0 fully saturated rings. The second-order valence-corrected chi connectivity index (χ2v) is 10.2.